The van der Waals surface area contributed by atoms with E-state index in [1.54, 1.807) is 0 Å². The molecule has 0 spiro atoms. The maximum absolute atomic E-state index is 11.6. The minimum absolute atomic E-state index is 0.272. The molecule has 2 rings (SSSR count). The van der Waals surface area contributed by atoms with Gasteiger partial charge in [-0.25, -0.2) is 0 Å². The number of carbonyl (C=O) groups is 1. The Balaban J connectivity index is 1.76. The van der Waals surface area contributed by atoms with Crippen molar-refractivity contribution < 1.29 is 4.79 Å². The molecular weight excluding hydrogens is 152 g/mol. The Kier molecular flexibility index (Phi) is 2.05. The highest BCUT2D eigenvalue weighted by Crippen LogP contribution is 2.29. The first-order valence-electron chi connectivity index (χ1n) is 4.73. The van der Waals surface area contributed by atoms with E-state index in [9.17, 15) is 4.79 Å². The lowest BCUT2D eigenvalue weighted by Crippen LogP contribution is -2.51. The number of hydrogen-bond acceptors (Lipinski definition) is 2. The van der Waals surface area contributed by atoms with Gasteiger partial charge in [0.25, 0.3) is 0 Å². The lowest BCUT2D eigenvalue weighted by molar-refractivity contribution is -0.135. The average molecular weight is 168 g/mol. The summed E-state index contributed by atoms with van der Waals surface area (Å²) in [4.78, 5) is 13.5. The highest BCUT2D eigenvalue weighted by Gasteiger charge is 2.30. The Morgan fingerprint density at radius 3 is 2.58 bits per heavy atom. The van der Waals surface area contributed by atoms with Crippen LogP contribution >= 0.6 is 0 Å². The highest BCUT2D eigenvalue weighted by atomic mass is 16.2. The first-order valence-corrected chi connectivity index (χ1v) is 4.73. The number of carbonyl (C=O) groups excluding carboxylic acids is 1. The van der Waals surface area contributed by atoms with E-state index in [0.717, 1.165) is 25.6 Å². The normalized spacial score (nSPS) is 23.4. The maximum atomic E-state index is 11.6. The summed E-state index contributed by atoms with van der Waals surface area (Å²) >= 11 is 0. The van der Waals surface area contributed by atoms with Crippen molar-refractivity contribution in [3.8, 4) is 0 Å². The predicted octanol–water partition coefficient (Wildman–Crippen LogP) is 0.0742. The fourth-order valence-electron chi connectivity index (χ4n) is 1.55. The summed E-state index contributed by atoms with van der Waals surface area (Å²) in [6.07, 6.45) is 2.64. The first-order chi connectivity index (χ1) is 5.77. The van der Waals surface area contributed by atoms with Crippen molar-refractivity contribution in [2.75, 3.05) is 26.7 Å². The van der Waals surface area contributed by atoms with E-state index >= 15 is 0 Å². The molecule has 1 amide bonds. The molecule has 1 heterocycles. The SMILES string of the molecule is CN(CC1CC1)C(=O)C1CNC1. The monoisotopic (exact) mass is 168 g/mol. The van der Waals surface area contributed by atoms with E-state index in [1.165, 1.54) is 12.8 Å². The van der Waals surface area contributed by atoms with E-state index in [1.807, 2.05) is 11.9 Å². The van der Waals surface area contributed by atoms with Crippen molar-refractivity contribution in [2.45, 2.75) is 12.8 Å². The third-order valence-corrected chi connectivity index (χ3v) is 2.74. The fraction of sp³-hybridized carbons (Fsp3) is 0.889. The number of nitrogens with one attached hydrogen (secondary N) is 1. The molecule has 1 aliphatic carbocycles. The van der Waals surface area contributed by atoms with Crippen LogP contribution in [-0.2, 0) is 4.79 Å². The Hall–Kier alpha value is -0.570. The van der Waals surface area contributed by atoms with Gasteiger partial charge in [0, 0.05) is 26.7 Å². The summed E-state index contributed by atoms with van der Waals surface area (Å²) in [6, 6.07) is 0. The lowest BCUT2D eigenvalue weighted by atomic mass is 10.0. The van der Waals surface area contributed by atoms with Crippen LogP contribution in [0.2, 0.25) is 0 Å². The molecule has 1 aliphatic heterocycles. The van der Waals surface area contributed by atoms with Crippen LogP contribution in [0.3, 0.4) is 0 Å². The van der Waals surface area contributed by atoms with E-state index in [4.69, 9.17) is 0 Å². The van der Waals surface area contributed by atoms with Gasteiger partial charge in [0.2, 0.25) is 5.91 Å². The van der Waals surface area contributed by atoms with Crippen LogP contribution in [0.15, 0.2) is 0 Å². The molecule has 2 fully saturated rings. The topological polar surface area (TPSA) is 32.3 Å². The van der Waals surface area contributed by atoms with Crippen molar-refractivity contribution >= 4 is 5.91 Å². The zero-order chi connectivity index (χ0) is 8.55. The van der Waals surface area contributed by atoms with Gasteiger partial charge in [-0.05, 0) is 18.8 Å². The van der Waals surface area contributed by atoms with Gasteiger partial charge in [0.15, 0.2) is 0 Å². The number of hydrogen-bond donors (Lipinski definition) is 1. The summed E-state index contributed by atoms with van der Waals surface area (Å²) in [6.45, 7) is 2.75. The Labute approximate surface area is 73.1 Å². The second-order valence-electron chi connectivity index (χ2n) is 4.02. The van der Waals surface area contributed by atoms with Crippen molar-refractivity contribution in [3.05, 3.63) is 0 Å². The lowest BCUT2D eigenvalue weighted by Gasteiger charge is -2.30. The molecule has 2 aliphatic rings. The van der Waals surface area contributed by atoms with E-state index in [0.29, 0.717) is 5.91 Å². The van der Waals surface area contributed by atoms with Crippen LogP contribution in [0.4, 0.5) is 0 Å². The van der Waals surface area contributed by atoms with Crippen LogP contribution in [0.25, 0.3) is 0 Å². The molecular formula is C9H16N2O. The van der Waals surface area contributed by atoms with Crippen LogP contribution in [0.5, 0.6) is 0 Å². The number of nitrogens with zero attached hydrogens (tertiary/aromatic N) is 1. The molecule has 3 nitrogen and oxygen atoms in total. The van der Waals surface area contributed by atoms with Gasteiger partial charge in [-0.2, -0.15) is 0 Å². The molecule has 3 heteroatoms. The molecule has 0 bridgehead atoms. The van der Waals surface area contributed by atoms with E-state index in [-0.39, 0.29) is 5.92 Å². The summed E-state index contributed by atoms with van der Waals surface area (Å²) in [5.41, 5.74) is 0. The standard InChI is InChI=1S/C9H16N2O/c1-11(6-7-2-3-7)9(12)8-4-10-5-8/h7-8,10H,2-6H2,1H3. The quantitative estimate of drug-likeness (QED) is 0.647. The molecule has 1 N–H and O–H groups in total. The minimum Gasteiger partial charge on any atom is -0.345 e. The molecule has 0 aromatic heterocycles. The summed E-state index contributed by atoms with van der Waals surface area (Å²) < 4.78 is 0. The summed E-state index contributed by atoms with van der Waals surface area (Å²) in [7, 11) is 1.93. The van der Waals surface area contributed by atoms with Gasteiger partial charge in [-0.1, -0.05) is 0 Å². The average Bonchev–Trinajstić information content (AvgIpc) is 2.67. The molecule has 1 saturated carbocycles. The van der Waals surface area contributed by atoms with Gasteiger partial charge >= 0.3 is 0 Å². The second kappa shape index (κ2) is 3.05. The van der Waals surface area contributed by atoms with Crippen LogP contribution in [0.1, 0.15) is 12.8 Å². The minimum atomic E-state index is 0.272. The summed E-state index contributed by atoms with van der Waals surface area (Å²) in [5, 5.41) is 3.12. The van der Waals surface area contributed by atoms with Crippen LogP contribution in [0, 0.1) is 11.8 Å². The third kappa shape index (κ3) is 1.61. The number of amides is 1. The highest BCUT2D eigenvalue weighted by molar-refractivity contribution is 5.79. The van der Waals surface area contributed by atoms with Gasteiger partial charge in [0.1, 0.15) is 0 Å². The molecule has 0 aromatic carbocycles. The third-order valence-electron chi connectivity index (χ3n) is 2.74. The molecule has 12 heavy (non-hydrogen) atoms. The summed E-state index contributed by atoms with van der Waals surface area (Å²) in [5.74, 6) is 1.42. The molecule has 0 unspecified atom stereocenters. The van der Waals surface area contributed by atoms with Crippen molar-refractivity contribution in [1.29, 1.82) is 0 Å². The first kappa shape index (κ1) is 8.05. The zero-order valence-corrected chi connectivity index (χ0v) is 7.55. The Morgan fingerprint density at radius 1 is 1.50 bits per heavy atom. The number of rotatable bonds is 3. The van der Waals surface area contributed by atoms with Crippen molar-refractivity contribution in [1.82, 2.24) is 10.2 Å². The van der Waals surface area contributed by atoms with Gasteiger partial charge in [-0.15, -0.1) is 0 Å². The maximum Gasteiger partial charge on any atom is 0.228 e. The van der Waals surface area contributed by atoms with Gasteiger partial charge < -0.3 is 10.2 Å². The largest absolute Gasteiger partial charge is 0.345 e. The van der Waals surface area contributed by atoms with Crippen molar-refractivity contribution in [3.63, 3.8) is 0 Å². The zero-order valence-electron chi connectivity index (χ0n) is 7.55. The van der Waals surface area contributed by atoms with Gasteiger partial charge in [0.05, 0.1) is 5.92 Å². The smallest absolute Gasteiger partial charge is 0.228 e. The molecule has 1 saturated heterocycles. The Morgan fingerprint density at radius 2 is 2.17 bits per heavy atom. The second-order valence-corrected chi connectivity index (χ2v) is 4.02. The fourth-order valence-corrected chi connectivity index (χ4v) is 1.55. The Bertz CT molecular complexity index is 185. The van der Waals surface area contributed by atoms with E-state index in [2.05, 4.69) is 5.32 Å². The van der Waals surface area contributed by atoms with E-state index < -0.39 is 0 Å². The van der Waals surface area contributed by atoms with Crippen molar-refractivity contribution in [2.24, 2.45) is 11.8 Å². The van der Waals surface area contributed by atoms with Gasteiger partial charge in [-0.3, -0.25) is 4.79 Å². The molecule has 0 radical (unpaired) electrons. The van der Waals surface area contributed by atoms with Crippen LogP contribution < -0.4 is 5.32 Å². The molecule has 0 aromatic rings. The predicted molar refractivity (Wildman–Crippen MR) is 46.7 cm³/mol. The molecule has 0 atom stereocenters. The molecule has 68 valence electrons. The van der Waals surface area contributed by atoms with Crippen LogP contribution in [-0.4, -0.2) is 37.5 Å².